The average Bonchev–Trinajstić information content (AvgIpc) is 2.59. The van der Waals surface area contributed by atoms with E-state index in [1.54, 1.807) is 52.0 Å². The molecule has 1 rings (SSSR count). The van der Waals surface area contributed by atoms with Gasteiger partial charge >= 0.3 is 11.9 Å². The molecule has 0 aromatic heterocycles. The lowest BCUT2D eigenvalue weighted by molar-refractivity contribution is -0.146. The monoisotopic (exact) mass is 392 g/mol. The van der Waals surface area contributed by atoms with Gasteiger partial charge in [-0.2, -0.15) is 0 Å². The van der Waals surface area contributed by atoms with Gasteiger partial charge in [0.15, 0.2) is 10.5 Å². The predicted molar refractivity (Wildman–Crippen MR) is 109 cm³/mol. The summed E-state index contributed by atoms with van der Waals surface area (Å²) >= 11 is 1.07. The van der Waals surface area contributed by atoms with Gasteiger partial charge in [0.05, 0.1) is 6.10 Å². The van der Waals surface area contributed by atoms with Gasteiger partial charge < -0.3 is 9.84 Å². The lowest BCUT2D eigenvalue weighted by Gasteiger charge is -2.31. The van der Waals surface area contributed by atoms with Gasteiger partial charge in [0.2, 0.25) is 0 Å². The van der Waals surface area contributed by atoms with E-state index in [1.807, 2.05) is 13.0 Å². The number of hydrogen-bond donors (Lipinski definition) is 1. The van der Waals surface area contributed by atoms with Crippen molar-refractivity contribution in [2.75, 3.05) is 5.75 Å². The van der Waals surface area contributed by atoms with E-state index in [-0.39, 0.29) is 5.57 Å². The van der Waals surface area contributed by atoms with Crippen LogP contribution in [0.5, 0.6) is 0 Å². The minimum absolute atomic E-state index is 0.241. The summed E-state index contributed by atoms with van der Waals surface area (Å²) in [4.78, 5) is 38.3. The molecule has 0 fully saturated rings. The van der Waals surface area contributed by atoms with Gasteiger partial charge in [-0.3, -0.25) is 9.59 Å². The molecule has 0 saturated heterocycles. The molecule has 1 unspecified atom stereocenters. The van der Waals surface area contributed by atoms with Gasteiger partial charge in [-0.1, -0.05) is 51.1 Å². The summed E-state index contributed by atoms with van der Waals surface area (Å²) in [5.74, 6) is -2.78. The fourth-order valence-corrected chi connectivity index (χ4v) is 3.80. The van der Waals surface area contributed by atoms with Crippen LogP contribution in [0.2, 0.25) is 0 Å². The zero-order valence-electron chi connectivity index (χ0n) is 16.5. The van der Waals surface area contributed by atoms with Crippen LogP contribution in [0.3, 0.4) is 0 Å². The van der Waals surface area contributed by atoms with Crippen molar-refractivity contribution >= 4 is 35.6 Å². The summed E-state index contributed by atoms with van der Waals surface area (Å²) in [6.07, 6.45) is 1.71. The van der Waals surface area contributed by atoms with E-state index in [0.29, 0.717) is 17.7 Å². The molecule has 0 aliphatic rings. The fourth-order valence-electron chi connectivity index (χ4n) is 2.57. The Morgan fingerprint density at radius 1 is 1.15 bits per heavy atom. The second-order valence-electron chi connectivity index (χ2n) is 6.80. The number of rotatable bonds is 10. The van der Waals surface area contributed by atoms with Crippen molar-refractivity contribution in [2.45, 2.75) is 51.9 Å². The summed E-state index contributed by atoms with van der Waals surface area (Å²) in [5.41, 5.74) is 0.389. The van der Waals surface area contributed by atoms with E-state index in [1.165, 1.54) is 6.08 Å². The number of esters is 1. The Bertz CT molecular complexity index is 694. The molecule has 0 bridgehead atoms. The first-order valence-corrected chi connectivity index (χ1v) is 10.0. The van der Waals surface area contributed by atoms with Crippen LogP contribution in [0, 0.1) is 5.92 Å². The molecule has 1 atom stereocenters. The molecular weight excluding hydrogens is 364 g/mol. The zero-order chi connectivity index (χ0) is 20.6. The second kappa shape index (κ2) is 10.3. The maximum atomic E-state index is 13.4. The van der Waals surface area contributed by atoms with Crippen molar-refractivity contribution in [3.05, 3.63) is 41.5 Å². The first kappa shape index (κ1) is 23.0. The number of carboxylic acid groups (broad SMARTS) is 1. The number of Topliss-reactive ketones (excluding diaryl/α,β-unsaturated/α-hetero) is 1. The Hall–Kier alpha value is -2.08. The van der Waals surface area contributed by atoms with E-state index in [4.69, 9.17) is 4.74 Å². The first-order chi connectivity index (χ1) is 12.7. The highest BCUT2D eigenvalue weighted by atomic mass is 32.2. The lowest BCUT2D eigenvalue weighted by Crippen LogP contribution is -2.50. The molecule has 27 heavy (non-hydrogen) atoms. The minimum Gasteiger partial charge on any atom is -0.480 e. The van der Waals surface area contributed by atoms with Crippen molar-refractivity contribution < 1.29 is 24.2 Å². The van der Waals surface area contributed by atoms with E-state index in [9.17, 15) is 19.5 Å². The standard InChI is InChI=1S/C21H28O5S/c1-6-12-27-21(14(2)3,20(24)25)18(22)17(19(23)26-15(4)5)13-16-10-8-7-9-11-16/h7-11,13-15H,6,12H2,1-5H3,(H,24,25). The number of aliphatic carboxylic acids is 1. The lowest BCUT2D eigenvalue weighted by atomic mass is 9.86. The average molecular weight is 393 g/mol. The second-order valence-corrected chi connectivity index (χ2v) is 8.14. The smallest absolute Gasteiger partial charge is 0.342 e. The van der Waals surface area contributed by atoms with Gasteiger partial charge in [-0.25, -0.2) is 4.79 Å². The topological polar surface area (TPSA) is 80.7 Å². The van der Waals surface area contributed by atoms with Crippen LogP contribution >= 0.6 is 11.8 Å². The Labute approximate surface area is 165 Å². The molecule has 6 heteroatoms. The quantitative estimate of drug-likeness (QED) is 0.278. The van der Waals surface area contributed by atoms with Crippen molar-refractivity contribution in [2.24, 2.45) is 5.92 Å². The number of carbonyl (C=O) groups is 3. The van der Waals surface area contributed by atoms with Gasteiger partial charge in [-0.05, 0) is 43.6 Å². The van der Waals surface area contributed by atoms with Crippen molar-refractivity contribution in [1.82, 2.24) is 0 Å². The molecule has 5 nitrogen and oxygen atoms in total. The van der Waals surface area contributed by atoms with Crippen molar-refractivity contribution in [3.8, 4) is 0 Å². The molecule has 0 radical (unpaired) electrons. The van der Waals surface area contributed by atoms with E-state index in [0.717, 1.165) is 11.8 Å². The SMILES string of the molecule is CCCSC(C(=O)O)(C(=O)C(=Cc1ccccc1)C(=O)OC(C)C)C(C)C. The maximum Gasteiger partial charge on any atom is 0.342 e. The molecule has 0 amide bonds. The summed E-state index contributed by atoms with van der Waals surface area (Å²) < 4.78 is 3.49. The largest absolute Gasteiger partial charge is 0.480 e. The van der Waals surface area contributed by atoms with Crippen molar-refractivity contribution in [3.63, 3.8) is 0 Å². The van der Waals surface area contributed by atoms with Crippen LogP contribution in [-0.2, 0) is 19.1 Å². The summed E-state index contributed by atoms with van der Waals surface area (Å²) in [5, 5.41) is 9.95. The molecule has 0 aliphatic carbocycles. The third-order valence-electron chi connectivity index (χ3n) is 3.92. The Morgan fingerprint density at radius 2 is 1.74 bits per heavy atom. The number of benzene rings is 1. The number of hydrogen-bond acceptors (Lipinski definition) is 5. The molecular formula is C21H28O5S. The van der Waals surface area contributed by atoms with Crippen LogP contribution in [0.1, 0.15) is 46.6 Å². The first-order valence-electron chi connectivity index (χ1n) is 9.06. The van der Waals surface area contributed by atoms with E-state index >= 15 is 0 Å². The van der Waals surface area contributed by atoms with E-state index in [2.05, 4.69) is 0 Å². The van der Waals surface area contributed by atoms with Crippen molar-refractivity contribution in [1.29, 1.82) is 0 Å². The van der Waals surface area contributed by atoms with Crippen LogP contribution in [0.4, 0.5) is 0 Å². The Morgan fingerprint density at radius 3 is 2.19 bits per heavy atom. The minimum atomic E-state index is -1.74. The fraction of sp³-hybridized carbons (Fsp3) is 0.476. The van der Waals surface area contributed by atoms with Gasteiger partial charge in [0.1, 0.15) is 5.57 Å². The summed E-state index contributed by atoms with van der Waals surface area (Å²) in [6.45, 7) is 8.64. The number of carbonyl (C=O) groups excluding carboxylic acids is 2. The molecule has 1 N–H and O–H groups in total. The van der Waals surface area contributed by atoms with Gasteiger partial charge in [0.25, 0.3) is 0 Å². The number of carboxylic acids is 1. The molecule has 0 aliphatic heterocycles. The highest BCUT2D eigenvalue weighted by Gasteiger charge is 2.51. The summed E-state index contributed by atoms with van der Waals surface area (Å²) in [6, 6.07) is 8.86. The van der Waals surface area contributed by atoms with Crippen LogP contribution in [0.25, 0.3) is 6.08 Å². The molecule has 0 saturated carbocycles. The third kappa shape index (κ3) is 5.70. The normalized spacial score (nSPS) is 14.1. The molecule has 1 aromatic carbocycles. The molecule has 0 spiro atoms. The maximum absolute atomic E-state index is 13.4. The van der Waals surface area contributed by atoms with Gasteiger partial charge in [0, 0.05) is 0 Å². The number of thioether (sulfide) groups is 1. The molecule has 0 heterocycles. The van der Waals surface area contributed by atoms with Gasteiger partial charge in [-0.15, -0.1) is 11.8 Å². The number of ketones is 1. The zero-order valence-corrected chi connectivity index (χ0v) is 17.3. The predicted octanol–water partition coefficient (Wildman–Crippen LogP) is 4.21. The molecule has 1 aromatic rings. The van der Waals surface area contributed by atoms with Crippen LogP contribution in [0.15, 0.2) is 35.9 Å². The Kier molecular flexibility index (Phi) is 8.76. The Balaban J connectivity index is 3.52. The third-order valence-corrected chi connectivity index (χ3v) is 5.82. The van der Waals surface area contributed by atoms with E-state index < -0.39 is 34.5 Å². The molecule has 148 valence electrons. The highest BCUT2D eigenvalue weighted by molar-refractivity contribution is 8.02. The number of ether oxygens (including phenoxy) is 1. The van der Waals surface area contributed by atoms with Crippen LogP contribution < -0.4 is 0 Å². The van der Waals surface area contributed by atoms with Crippen LogP contribution in [-0.4, -0.2) is 39.4 Å². The summed E-state index contributed by atoms with van der Waals surface area (Å²) in [7, 11) is 0. The highest BCUT2D eigenvalue weighted by Crippen LogP contribution is 2.38.